The van der Waals surface area contributed by atoms with Crippen molar-refractivity contribution in [1.29, 1.82) is 0 Å². The highest BCUT2D eigenvalue weighted by Gasteiger charge is 2.17. The van der Waals surface area contributed by atoms with Crippen molar-refractivity contribution in [3.8, 4) is 5.75 Å². The van der Waals surface area contributed by atoms with Crippen LogP contribution >= 0.6 is 23.2 Å². The number of carbonyl (C=O) groups excluding carboxylic acids is 1. The Hall–Kier alpha value is -1.69. The van der Waals surface area contributed by atoms with Gasteiger partial charge in [-0.3, -0.25) is 4.79 Å². The number of benzene rings is 1. The number of nitrogens with one attached hydrogen (secondary N) is 1. The summed E-state index contributed by atoms with van der Waals surface area (Å²) in [5, 5.41) is 4.03. The number of halogens is 2. The fraction of sp³-hybridized carbons (Fsp3) is 0.560. The first kappa shape index (κ1) is 26.6. The van der Waals surface area contributed by atoms with Crippen molar-refractivity contribution in [3.05, 3.63) is 51.9 Å². The van der Waals surface area contributed by atoms with Gasteiger partial charge in [0.1, 0.15) is 18.1 Å². The van der Waals surface area contributed by atoms with E-state index >= 15 is 0 Å². The van der Waals surface area contributed by atoms with Crippen LogP contribution in [0, 0.1) is 0 Å². The number of furan rings is 1. The number of carbonyl (C=O) groups is 1. The van der Waals surface area contributed by atoms with Crippen molar-refractivity contribution in [2.45, 2.75) is 71.9 Å². The number of rotatable bonds is 15. The average molecular weight is 483 g/mol. The van der Waals surface area contributed by atoms with Gasteiger partial charge in [0, 0.05) is 17.6 Å². The minimum atomic E-state index is -0.213. The van der Waals surface area contributed by atoms with E-state index < -0.39 is 0 Å². The summed E-state index contributed by atoms with van der Waals surface area (Å²) in [6.07, 6.45) is 7.30. The summed E-state index contributed by atoms with van der Waals surface area (Å²) >= 11 is 12.0. The van der Waals surface area contributed by atoms with Crippen LogP contribution in [-0.4, -0.2) is 36.5 Å². The SMILES string of the molecule is CCCCCN(CCCCC)CC(C)NC(=O)c1ccc(COc2ccc(Cl)cc2Cl)o1. The van der Waals surface area contributed by atoms with Crippen LogP contribution in [0.5, 0.6) is 5.75 Å². The van der Waals surface area contributed by atoms with Crippen LogP contribution < -0.4 is 10.1 Å². The summed E-state index contributed by atoms with van der Waals surface area (Å²) in [6, 6.07) is 8.47. The summed E-state index contributed by atoms with van der Waals surface area (Å²) in [5.74, 6) is 1.13. The first-order valence-corrected chi connectivity index (χ1v) is 12.4. The van der Waals surface area contributed by atoms with Crippen molar-refractivity contribution in [2.75, 3.05) is 19.6 Å². The Morgan fingerprint density at radius 2 is 1.75 bits per heavy atom. The van der Waals surface area contributed by atoms with Crippen LogP contribution in [0.3, 0.4) is 0 Å². The molecule has 1 aromatic carbocycles. The van der Waals surface area contributed by atoms with Crippen LogP contribution in [-0.2, 0) is 6.61 Å². The molecule has 0 saturated carbocycles. The fourth-order valence-electron chi connectivity index (χ4n) is 3.51. The second-order valence-corrected chi connectivity index (χ2v) is 9.06. The molecular formula is C25H36Cl2N2O3. The molecule has 0 aliphatic heterocycles. The van der Waals surface area contributed by atoms with E-state index in [0.29, 0.717) is 21.6 Å². The number of ether oxygens (including phenoxy) is 1. The van der Waals surface area contributed by atoms with Crippen molar-refractivity contribution >= 4 is 29.1 Å². The monoisotopic (exact) mass is 482 g/mol. The van der Waals surface area contributed by atoms with Gasteiger partial charge in [-0.15, -0.1) is 0 Å². The number of hydrogen-bond donors (Lipinski definition) is 1. The highest BCUT2D eigenvalue weighted by atomic mass is 35.5. The van der Waals surface area contributed by atoms with E-state index in [9.17, 15) is 4.79 Å². The predicted octanol–water partition coefficient (Wildman–Crippen LogP) is 6.97. The van der Waals surface area contributed by atoms with Crippen LogP contribution in [0.2, 0.25) is 10.0 Å². The van der Waals surface area contributed by atoms with E-state index in [2.05, 4.69) is 24.1 Å². The molecule has 1 aromatic heterocycles. The zero-order valence-corrected chi connectivity index (χ0v) is 21.0. The van der Waals surface area contributed by atoms with Gasteiger partial charge >= 0.3 is 0 Å². The van der Waals surface area contributed by atoms with Gasteiger partial charge in [-0.25, -0.2) is 0 Å². The molecule has 0 aliphatic carbocycles. The molecule has 1 N–H and O–H groups in total. The standard InChI is InChI=1S/C25H36Cl2N2O3/c1-4-6-8-14-29(15-9-7-5-2)17-19(3)28-25(30)24-13-11-21(32-24)18-31-23-12-10-20(26)16-22(23)27/h10-13,16,19H,4-9,14-15,17-18H2,1-3H3,(H,28,30). The molecule has 0 aliphatic rings. The summed E-state index contributed by atoms with van der Waals surface area (Å²) in [4.78, 5) is 15.1. The van der Waals surface area contributed by atoms with Gasteiger partial charge in [0.2, 0.25) is 0 Å². The molecule has 0 bridgehead atoms. The number of amides is 1. The topological polar surface area (TPSA) is 54.7 Å². The van der Waals surface area contributed by atoms with Gasteiger partial charge in [-0.05, 0) is 63.2 Å². The second-order valence-electron chi connectivity index (χ2n) is 8.22. The fourth-order valence-corrected chi connectivity index (χ4v) is 3.97. The maximum atomic E-state index is 12.6. The molecule has 1 atom stereocenters. The predicted molar refractivity (Wildman–Crippen MR) is 132 cm³/mol. The summed E-state index contributed by atoms with van der Waals surface area (Å²) in [5.41, 5.74) is 0. The van der Waals surface area contributed by atoms with Crippen LogP contribution in [0.1, 0.15) is 75.6 Å². The maximum absolute atomic E-state index is 12.6. The Balaban J connectivity index is 1.84. The molecule has 1 heterocycles. The molecule has 0 saturated heterocycles. The minimum absolute atomic E-state index is 0.0310. The Labute approximate surface area is 202 Å². The molecule has 2 rings (SSSR count). The number of unbranched alkanes of at least 4 members (excludes halogenated alkanes) is 4. The van der Waals surface area contributed by atoms with E-state index in [-0.39, 0.29) is 24.3 Å². The van der Waals surface area contributed by atoms with Crippen molar-refractivity contribution in [2.24, 2.45) is 0 Å². The first-order valence-electron chi connectivity index (χ1n) is 11.6. The molecule has 0 radical (unpaired) electrons. The first-order chi connectivity index (χ1) is 15.4. The smallest absolute Gasteiger partial charge is 0.287 e. The van der Waals surface area contributed by atoms with Gasteiger partial charge in [-0.2, -0.15) is 0 Å². The zero-order valence-electron chi connectivity index (χ0n) is 19.5. The normalized spacial score (nSPS) is 12.2. The Morgan fingerprint density at radius 1 is 1.06 bits per heavy atom. The molecule has 0 fully saturated rings. The largest absolute Gasteiger partial charge is 0.484 e. The average Bonchev–Trinajstić information content (AvgIpc) is 3.22. The number of nitrogens with zero attached hydrogens (tertiary/aromatic N) is 1. The lowest BCUT2D eigenvalue weighted by molar-refractivity contribution is 0.0896. The third-order valence-electron chi connectivity index (χ3n) is 5.21. The van der Waals surface area contributed by atoms with Crippen LogP contribution in [0.25, 0.3) is 0 Å². The Bertz CT molecular complexity index is 815. The minimum Gasteiger partial charge on any atom is -0.484 e. The quantitative estimate of drug-likeness (QED) is 0.278. The van der Waals surface area contributed by atoms with Crippen molar-refractivity contribution in [1.82, 2.24) is 10.2 Å². The van der Waals surface area contributed by atoms with Gasteiger partial charge < -0.3 is 19.4 Å². The van der Waals surface area contributed by atoms with Gasteiger partial charge in [-0.1, -0.05) is 62.7 Å². The Morgan fingerprint density at radius 3 is 2.38 bits per heavy atom. The third kappa shape index (κ3) is 9.43. The maximum Gasteiger partial charge on any atom is 0.287 e. The summed E-state index contributed by atoms with van der Waals surface area (Å²) in [7, 11) is 0. The van der Waals surface area contributed by atoms with Crippen molar-refractivity contribution in [3.63, 3.8) is 0 Å². The summed E-state index contributed by atoms with van der Waals surface area (Å²) < 4.78 is 11.4. The van der Waals surface area contributed by atoms with Gasteiger partial charge in [0.05, 0.1) is 5.02 Å². The van der Waals surface area contributed by atoms with E-state index in [1.165, 1.54) is 38.5 Å². The lowest BCUT2D eigenvalue weighted by atomic mass is 10.2. The van der Waals surface area contributed by atoms with Crippen LogP contribution in [0.15, 0.2) is 34.7 Å². The summed E-state index contributed by atoms with van der Waals surface area (Å²) in [6.45, 7) is 9.65. The van der Waals surface area contributed by atoms with E-state index in [1.807, 2.05) is 6.92 Å². The van der Waals surface area contributed by atoms with Crippen molar-refractivity contribution < 1.29 is 13.9 Å². The third-order valence-corrected chi connectivity index (χ3v) is 5.75. The highest BCUT2D eigenvalue weighted by molar-refractivity contribution is 6.35. The number of hydrogen-bond acceptors (Lipinski definition) is 4. The van der Waals surface area contributed by atoms with E-state index in [0.717, 1.165) is 19.6 Å². The molecule has 5 nitrogen and oxygen atoms in total. The zero-order chi connectivity index (χ0) is 23.3. The molecule has 0 spiro atoms. The Kier molecular flexibility index (Phi) is 12.0. The molecular weight excluding hydrogens is 447 g/mol. The van der Waals surface area contributed by atoms with Crippen LogP contribution in [0.4, 0.5) is 0 Å². The second kappa shape index (κ2) is 14.5. The lowest BCUT2D eigenvalue weighted by Crippen LogP contribution is -2.42. The van der Waals surface area contributed by atoms with E-state index in [4.69, 9.17) is 32.4 Å². The van der Waals surface area contributed by atoms with Gasteiger partial charge in [0.25, 0.3) is 5.91 Å². The molecule has 178 valence electrons. The molecule has 7 heteroatoms. The molecule has 1 unspecified atom stereocenters. The van der Waals surface area contributed by atoms with E-state index in [1.54, 1.807) is 30.3 Å². The molecule has 2 aromatic rings. The molecule has 32 heavy (non-hydrogen) atoms. The highest BCUT2D eigenvalue weighted by Crippen LogP contribution is 2.28. The lowest BCUT2D eigenvalue weighted by Gasteiger charge is -2.26. The van der Waals surface area contributed by atoms with Gasteiger partial charge in [0.15, 0.2) is 5.76 Å². The molecule has 1 amide bonds.